The molecule has 0 aromatic heterocycles. The van der Waals surface area contributed by atoms with Crippen LogP contribution in [0.1, 0.15) is 212 Å². The molecule has 20 rings (SSSR count). The van der Waals surface area contributed by atoms with Crippen LogP contribution in [0.2, 0.25) is 0 Å². The van der Waals surface area contributed by atoms with Gasteiger partial charge < -0.3 is 56.8 Å². The third-order valence-electron chi connectivity index (χ3n) is 30.3. The minimum atomic E-state index is -0.804. The van der Waals surface area contributed by atoms with Gasteiger partial charge >= 0.3 is 0 Å². The zero-order valence-corrected chi connectivity index (χ0v) is 63.0. The molecule has 4 spiro atoms. The lowest BCUT2D eigenvalue weighted by Gasteiger charge is -2.60. The van der Waals surface area contributed by atoms with Crippen molar-refractivity contribution in [2.24, 2.45) is 94.7 Å². The van der Waals surface area contributed by atoms with Crippen molar-refractivity contribution < 1.29 is 95.9 Å². The Morgan fingerprint density at radius 3 is 0.730 bits per heavy atom. The monoisotopic (exact) mass is 1410 g/mol. The SMILES string of the molecule is C[C@@H]1CC[C@H]2[C@@H](C)C(CCOCCN(CCOCCC3O[C@@H]4O[C@@]5(C)CC[C@H]6[C@H](C)CC[C@@H]([C@H]3C)[C@@]46OO5)CCN(CCOCCC3O[C@@H]4O[C@@]5(C)CC[C@H]6[C@H](C)CC[C@@H]([C@H]3C)[C@@]46OO5)CCOCCC3O[C@@H]4O[C@@]5(C)CC[C@H]6[C@H](C)CC[C@@H]([C@H]3C)[C@@]46OO5)O[C@@H]3O[C@@]4(C)CC[C@@H]1[C@]32OO4. The molecule has 16 aliphatic heterocycles. The van der Waals surface area contributed by atoms with Crippen LogP contribution in [0.25, 0.3) is 0 Å². The van der Waals surface area contributed by atoms with Crippen molar-refractivity contribution in [2.75, 3.05) is 92.1 Å². The van der Waals surface area contributed by atoms with Crippen LogP contribution >= 0.6 is 0 Å². The summed E-state index contributed by atoms with van der Waals surface area (Å²) < 4.78 is 81.5. The van der Waals surface area contributed by atoms with Gasteiger partial charge in [-0.2, -0.15) is 0 Å². The molecule has 0 aromatic carbocycles. The first-order chi connectivity index (χ1) is 48.1. The third kappa shape index (κ3) is 12.9. The van der Waals surface area contributed by atoms with E-state index in [0.29, 0.717) is 100 Å². The molecule has 4 aliphatic carbocycles. The average Bonchev–Trinajstić information content (AvgIpc) is 1.38. The van der Waals surface area contributed by atoms with Gasteiger partial charge in [0.1, 0.15) is 0 Å². The minimum Gasteiger partial charge on any atom is -0.380 e. The van der Waals surface area contributed by atoms with E-state index in [4.69, 9.17) is 95.9 Å². The van der Waals surface area contributed by atoms with Crippen LogP contribution in [0.15, 0.2) is 0 Å². The summed E-state index contributed by atoms with van der Waals surface area (Å²) in [6.07, 6.45) is 17.6. The molecule has 100 heavy (non-hydrogen) atoms. The number of hydrogen-bond donors (Lipinski definition) is 0. The van der Waals surface area contributed by atoms with Gasteiger partial charge in [-0.3, -0.25) is 9.80 Å². The maximum atomic E-state index is 6.99. The fraction of sp³-hybridized carbons (Fsp3) is 1.00. The quantitative estimate of drug-likeness (QED) is 0.0557. The smallest absolute Gasteiger partial charge is 0.201 e. The Morgan fingerprint density at radius 2 is 0.500 bits per heavy atom. The summed E-state index contributed by atoms with van der Waals surface area (Å²) in [6, 6.07) is 0. The van der Waals surface area contributed by atoms with Crippen molar-refractivity contribution in [3.8, 4) is 0 Å². The third-order valence-corrected chi connectivity index (χ3v) is 30.3. The molecule has 4 saturated carbocycles. The lowest BCUT2D eigenvalue weighted by molar-refractivity contribution is -0.571. The molecule has 0 radical (unpaired) electrons. The molecular formula is C78H128N2O20. The van der Waals surface area contributed by atoms with Gasteiger partial charge in [-0.25, -0.2) is 39.1 Å². The number of ether oxygens (including phenoxy) is 12. The highest BCUT2D eigenvalue weighted by Crippen LogP contribution is 2.66. The van der Waals surface area contributed by atoms with Gasteiger partial charge in [-0.05, 0) is 201 Å². The lowest BCUT2D eigenvalue weighted by atomic mass is 9.57. The molecule has 20 aliphatic rings. The predicted molar refractivity (Wildman–Crippen MR) is 362 cm³/mol. The molecule has 0 amide bonds. The molecule has 570 valence electrons. The average molecular weight is 1410 g/mol. The second-order valence-electron chi connectivity index (χ2n) is 36.1. The van der Waals surface area contributed by atoms with E-state index in [2.05, 4.69) is 65.2 Å². The number of fused-ring (bicyclic) bond motifs is 8. The Kier molecular flexibility index (Phi) is 21.1. The van der Waals surface area contributed by atoms with E-state index in [1.807, 2.05) is 27.7 Å². The van der Waals surface area contributed by atoms with Crippen molar-refractivity contribution in [3.63, 3.8) is 0 Å². The van der Waals surface area contributed by atoms with Crippen LogP contribution in [0.5, 0.6) is 0 Å². The van der Waals surface area contributed by atoms with E-state index in [-0.39, 0.29) is 71.8 Å². The second kappa shape index (κ2) is 28.8. The molecule has 0 aromatic rings. The summed E-state index contributed by atoms with van der Waals surface area (Å²) in [5.41, 5.74) is -2.30. The summed E-state index contributed by atoms with van der Waals surface area (Å²) in [5, 5.41) is 0. The first-order valence-electron chi connectivity index (χ1n) is 40.7. The van der Waals surface area contributed by atoms with Crippen LogP contribution in [0.4, 0.5) is 0 Å². The van der Waals surface area contributed by atoms with Crippen LogP contribution in [0, 0.1) is 94.7 Å². The van der Waals surface area contributed by atoms with E-state index >= 15 is 0 Å². The maximum absolute atomic E-state index is 6.99. The van der Waals surface area contributed by atoms with Gasteiger partial charge in [0.05, 0.1) is 50.8 Å². The molecule has 16 heterocycles. The number of rotatable bonds is 27. The molecule has 22 heteroatoms. The van der Waals surface area contributed by atoms with Crippen LogP contribution in [-0.4, -0.2) is 197 Å². The summed E-state index contributed by atoms with van der Waals surface area (Å²) in [4.78, 5) is 55.5. The van der Waals surface area contributed by atoms with Gasteiger partial charge in [0.2, 0.25) is 23.1 Å². The van der Waals surface area contributed by atoms with Crippen molar-refractivity contribution in [1.82, 2.24) is 9.80 Å². The molecule has 20 fully saturated rings. The van der Waals surface area contributed by atoms with Crippen LogP contribution < -0.4 is 0 Å². The maximum Gasteiger partial charge on any atom is 0.201 e. The number of hydrogen-bond acceptors (Lipinski definition) is 22. The van der Waals surface area contributed by atoms with E-state index in [1.54, 1.807) is 0 Å². The van der Waals surface area contributed by atoms with Gasteiger partial charge in [-0.1, -0.05) is 55.4 Å². The van der Waals surface area contributed by atoms with Crippen LogP contribution in [0.3, 0.4) is 0 Å². The van der Waals surface area contributed by atoms with E-state index in [0.717, 1.165) is 142 Å². The Balaban J connectivity index is 0.567. The highest BCUT2D eigenvalue weighted by atomic mass is 17.3. The standard InChI is InChI=1S/C78H128N2O20/c1-47-13-17-59-51(5)63(85-67-75(59)55(47)21-29-71(9,89-67)93-97-75)25-39-81-43-35-79(36-44-82-40-26-64-52(6)60-18-14-48(2)56-22-30-72(10)90-68(86-64)76(56,60)98-94-72)33-34-80(37-45-83-41-27-65-53(7)61-19-15-49(3)57-23-31-73(11)91-69(87-65)77(57,61)99-95-73)38-46-84-42-28-66-54(8)62-20-16-50(4)58-24-32-74(12)92-70(88-66)78(58,62)100-96-74/h47-70H,13-46H2,1-12H3/t47-,48-,49-,50-,51-,52-,53-,54-,55+,56+,57+,58+,59+,60+,61+,62+,63?,64?,65?,66?,67-,68-,69-,70-,71-,72-,73-,74-,75-,76-,77-,78-/m1/s1. The van der Waals surface area contributed by atoms with E-state index < -0.39 is 70.7 Å². The number of nitrogens with zero attached hydrogens (tertiary/aromatic N) is 2. The minimum absolute atomic E-state index is 0.0113. The largest absolute Gasteiger partial charge is 0.380 e. The highest BCUT2D eigenvalue weighted by Gasteiger charge is 2.74. The summed E-state index contributed by atoms with van der Waals surface area (Å²) >= 11 is 0. The van der Waals surface area contributed by atoms with Crippen molar-refractivity contribution in [3.05, 3.63) is 0 Å². The summed E-state index contributed by atoms with van der Waals surface area (Å²) in [7, 11) is 0. The molecule has 16 saturated heterocycles. The zero-order valence-electron chi connectivity index (χ0n) is 63.0. The first-order valence-corrected chi connectivity index (χ1v) is 40.7. The van der Waals surface area contributed by atoms with Gasteiger partial charge in [0, 0.05) is 115 Å². The van der Waals surface area contributed by atoms with Gasteiger partial charge in [0.25, 0.3) is 0 Å². The molecule has 32 atom stereocenters. The topological polar surface area (TPSA) is 191 Å². The molecule has 22 nitrogen and oxygen atoms in total. The van der Waals surface area contributed by atoms with Crippen molar-refractivity contribution in [1.29, 1.82) is 0 Å². The lowest BCUT2D eigenvalue weighted by Crippen LogP contribution is -2.70. The van der Waals surface area contributed by atoms with Crippen molar-refractivity contribution >= 4 is 0 Å². The van der Waals surface area contributed by atoms with Gasteiger partial charge in [0.15, 0.2) is 47.6 Å². The van der Waals surface area contributed by atoms with Crippen molar-refractivity contribution in [2.45, 2.75) is 307 Å². The Hall–Kier alpha value is -0.880. The molecule has 8 bridgehead atoms. The first kappa shape index (κ1) is 73.3. The Bertz CT molecular complexity index is 2430. The fourth-order valence-corrected chi connectivity index (χ4v) is 24.2. The van der Waals surface area contributed by atoms with Crippen LogP contribution in [-0.2, 0) is 95.9 Å². The Morgan fingerprint density at radius 1 is 0.270 bits per heavy atom. The van der Waals surface area contributed by atoms with E-state index in [1.165, 1.54) is 25.7 Å². The normalized spacial score (nSPS) is 52.5. The highest BCUT2D eigenvalue weighted by molar-refractivity contribution is 5.14. The second-order valence-corrected chi connectivity index (χ2v) is 36.1. The Labute approximate surface area is 596 Å². The summed E-state index contributed by atoms with van der Waals surface area (Å²) in [5.74, 6) is 2.44. The summed E-state index contributed by atoms with van der Waals surface area (Å²) in [6.45, 7) is 36.2. The molecule has 0 N–H and O–H groups in total. The van der Waals surface area contributed by atoms with E-state index in [9.17, 15) is 0 Å². The van der Waals surface area contributed by atoms with Gasteiger partial charge in [-0.15, -0.1) is 0 Å². The zero-order chi connectivity index (χ0) is 69.2. The predicted octanol–water partition coefficient (Wildman–Crippen LogP) is 12.2. The molecular weight excluding hydrogens is 1280 g/mol. The fourth-order valence-electron chi connectivity index (χ4n) is 24.2. The molecule has 4 unspecified atom stereocenters.